The second kappa shape index (κ2) is 10.1. The first kappa shape index (κ1) is 28.0. The van der Waals surface area contributed by atoms with Gasteiger partial charge in [-0.15, -0.1) is 0 Å². The molecular formula is C42H35BN2Se. The summed E-state index contributed by atoms with van der Waals surface area (Å²) in [6, 6.07) is 43.3. The van der Waals surface area contributed by atoms with Crippen LogP contribution in [0.1, 0.15) is 79.8 Å². The van der Waals surface area contributed by atoms with Crippen LogP contribution in [-0.2, 0) is 10.8 Å². The molecule has 4 heteroatoms. The van der Waals surface area contributed by atoms with Crippen molar-refractivity contribution in [1.82, 2.24) is 0 Å². The van der Waals surface area contributed by atoms with Crippen molar-refractivity contribution >= 4 is 53.9 Å². The number of hydrogen-bond acceptors (Lipinski definition) is 2. The standard InChI is InChI=1S/C42H35BN2Se/c1-41(2)31-25-29(45-36-17-9-11-19-38(36)46-39-20-12-10-18-37(39)45)21-22-35(31)43-34-16-8-7-15-30(34)42(3,28-13-5-4-6-14-28)33-24-27(26-44)23-32(41)40(33)43/h4-9,11,13-17,19,21-25H,10,12,18,20H2,1-3H3. The molecule has 0 aromatic heterocycles. The molecule has 4 aliphatic rings. The molecule has 0 saturated heterocycles. The first-order valence-electron chi connectivity index (χ1n) is 16.6. The molecule has 3 aliphatic heterocycles. The predicted octanol–water partition coefficient (Wildman–Crippen LogP) is 6.65. The molecule has 0 amide bonds. The minimum absolute atomic E-state index is 0.115. The topological polar surface area (TPSA) is 27.0 Å². The zero-order valence-electron chi connectivity index (χ0n) is 26.6. The van der Waals surface area contributed by atoms with E-state index in [1.54, 1.807) is 4.47 Å². The van der Waals surface area contributed by atoms with E-state index in [0.717, 1.165) is 12.0 Å². The van der Waals surface area contributed by atoms with Crippen LogP contribution >= 0.6 is 0 Å². The third-order valence-electron chi connectivity index (χ3n) is 11.2. The van der Waals surface area contributed by atoms with Crippen LogP contribution in [0.3, 0.4) is 0 Å². The summed E-state index contributed by atoms with van der Waals surface area (Å²) in [5.74, 6) is 0. The van der Waals surface area contributed by atoms with Gasteiger partial charge in [0.05, 0.1) is 0 Å². The second-order valence-corrected chi connectivity index (χ2v) is 16.4. The van der Waals surface area contributed by atoms with Crippen molar-refractivity contribution in [3.05, 3.63) is 153 Å². The molecule has 0 radical (unpaired) electrons. The van der Waals surface area contributed by atoms with Crippen LogP contribution < -0.4 is 25.8 Å². The maximum absolute atomic E-state index is 10.4. The van der Waals surface area contributed by atoms with E-state index in [2.05, 4.69) is 141 Å². The van der Waals surface area contributed by atoms with Crippen molar-refractivity contribution in [3.8, 4) is 6.07 Å². The van der Waals surface area contributed by atoms with Crippen molar-refractivity contribution in [2.75, 3.05) is 4.90 Å². The van der Waals surface area contributed by atoms with E-state index in [1.165, 1.54) is 85.0 Å². The summed E-state index contributed by atoms with van der Waals surface area (Å²) in [5, 5.41) is 10.4. The molecular weight excluding hydrogens is 622 g/mol. The molecule has 9 rings (SSSR count). The Morgan fingerprint density at radius 2 is 1.43 bits per heavy atom. The number of benzene rings is 5. The Morgan fingerprint density at radius 3 is 2.28 bits per heavy atom. The molecule has 3 heterocycles. The summed E-state index contributed by atoms with van der Waals surface area (Å²) >= 11 is 0.399. The number of allylic oxidation sites excluding steroid dienone is 2. The molecule has 2 nitrogen and oxygen atoms in total. The fourth-order valence-electron chi connectivity index (χ4n) is 9.00. The van der Waals surface area contributed by atoms with Gasteiger partial charge in [-0.2, -0.15) is 0 Å². The summed E-state index contributed by atoms with van der Waals surface area (Å²) in [6.45, 7) is 7.23. The van der Waals surface area contributed by atoms with Gasteiger partial charge in [0, 0.05) is 0 Å². The van der Waals surface area contributed by atoms with Crippen LogP contribution in [0.25, 0.3) is 0 Å². The van der Waals surface area contributed by atoms with Crippen LogP contribution in [0.4, 0.5) is 11.4 Å². The average Bonchev–Trinajstić information content (AvgIpc) is 3.10. The van der Waals surface area contributed by atoms with Crippen molar-refractivity contribution in [1.29, 1.82) is 5.26 Å². The van der Waals surface area contributed by atoms with E-state index in [1.807, 2.05) is 0 Å². The number of hydrogen-bond donors (Lipinski definition) is 0. The fraction of sp³-hybridized carbons (Fsp3) is 0.214. The zero-order valence-corrected chi connectivity index (χ0v) is 28.3. The Kier molecular flexibility index (Phi) is 6.15. The number of rotatable bonds is 2. The zero-order chi connectivity index (χ0) is 31.2. The Labute approximate surface area is 279 Å². The third kappa shape index (κ3) is 3.77. The van der Waals surface area contributed by atoms with E-state index >= 15 is 0 Å². The van der Waals surface area contributed by atoms with Gasteiger partial charge in [-0.1, -0.05) is 30.3 Å². The molecule has 1 atom stereocenters. The van der Waals surface area contributed by atoms with Crippen LogP contribution in [-0.4, -0.2) is 21.7 Å². The summed E-state index contributed by atoms with van der Waals surface area (Å²) in [7, 11) is 0. The van der Waals surface area contributed by atoms with Crippen LogP contribution in [0.5, 0.6) is 0 Å². The molecule has 0 fully saturated rings. The Bertz CT molecular complexity index is 2160. The molecule has 5 aromatic rings. The number of nitrogens with zero attached hydrogens (tertiary/aromatic N) is 2. The summed E-state index contributed by atoms with van der Waals surface area (Å²) in [4.78, 5) is 2.60. The number of nitriles is 1. The van der Waals surface area contributed by atoms with Gasteiger partial charge in [-0.25, -0.2) is 0 Å². The van der Waals surface area contributed by atoms with E-state index in [-0.39, 0.29) is 17.5 Å². The molecule has 0 spiro atoms. The molecule has 0 bridgehead atoms. The van der Waals surface area contributed by atoms with E-state index < -0.39 is 0 Å². The van der Waals surface area contributed by atoms with Gasteiger partial charge in [0.2, 0.25) is 0 Å². The molecule has 46 heavy (non-hydrogen) atoms. The quantitative estimate of drug-likeness (QED) is 0.199. The Hall–Kier alpha value is -4.29. The normalized spacial score (nSPS) is 20.1. The van der Waals surface area contributed by atoms with E-state index in [0.29, 0.717) is 15.0 Å². The SMILES string of the molecule is CC1(C)c2cc(N3C4=C(CCCC4)[Se]c4ccccc43)ccc2B2c3ccccc3C(C)(c3ccccc3)c3cc(C#N)cc1c32. The number of anilines is 2. The van der Waals surface area contributed by atoms with Gasteiger partial charge in [0.15, 0.2) is 0 Å². The molecule has 0 N–H and O–H groups in total. The van der Waals surface area contributed by atoms with Crippen molar-refractivity contribution in [2.24, 2.45) is 0 Å². The Morgan fingerprint density at radius 1 is 0.717 bits per heavy atom. The second-order valence-electron chi connectivity index (χ2n) is 14.0. The Balaban J connectivity index is 1.31. The van der Waals surface area contributed by atoms with Gasteiger partial charge >= 0.3 is 250 Å². The predicted molar refractivity (Wildman–Crippen MR) is 192 cm³/mol. The summed E-state index contributed by atoms with van der Waals surface area (Å²) < 4.78 is 3.16. The van der Waals surface area contributed by atoms with Gasteiger partial charge in [-0.05, 0) is 0 Å². The van der Waals surface area contributed by atoms with Crippen LogP contribution in [0.15, 0.2) is 119 Å². The third-order valence-corrected chi connectivity index (χ3v) is 13.9. The summed E-state index contributed by atoms with van der Waals surface area (Å²) in [5.41, 5.74) is 14.9. The van der Waals surface area contributed by atoms with Gasteiger partial charge < -0.3 is 0 Å². The number of para-hydroxylation sites is 1. The van der Waals surface area contributed by atoms with Crippen molar-refractivity contribution in [3.63, 3.8) is 0 Å². The first-order chi connectivity index (χ1) is 22.4. The number of fused-ring (bicyclic) bond motifs is 5. The van der Waals surface area contributed by atoms with E-state index in [9.17, 15) is 5.26 Å². The summed E-state index contributed by atoms with van der Waals surface area (Å²) in [6.07, 6.45) is 4.94. The monoisotopic (exact) mass is 658 g/mol. The van der Waals surface area contributed by atoms with Crippen molar-refractivity contribution < 1.29 is 0 Å². The molecule has 0 saturated carbocycles. The van der Waals surface area contributed by atoms with Crippen LogP contribution in [0.2, 0.25) is 0 Å². The molecule has 1 aliphatic carbocycles. The van der Waals surface area contributed by atoms with Gasteiger partial charge in [-0.3, -0.25) is 0 Å². The molecule has 1 unspecified atom stereocenters. The van der Waals surface area contributed by atoms with Crippen molar-refractivity contribution in [2.45, 2.75) is 57.3 Å². The average molecular weight is 658 g/mol. The molecule has 222 valence electrons. The maximum atomic E-state index is 10.4. The fourth-order valence-corrected chi connectivity index (χ4v) is 11.6. The first-order valence-corrected chi connectivity index (χ1v) is 18.3. The van der Waals surface area contributed by atoms with Gasteiger partial charge in [0.1, 0.15) is 0 Å². The van der Waals surface area contributed by atoms with E-state index in [4.69, 9.17) is 0 Å². The minimum atomic E-state index is -0.373. The van der Waals surface area contributed by atoms with Crippen LogP contribution in [0, 0.1) is 11.3 Å². The van der Waals surface area contributed by atoms with Gasteiger partial charge in [0.25, 0.3) is 0 Å². The molecule has 5 aromatic carbocycles.